The van der Waals surface area contributed by atoms with Crippen molar-refractivity contribution in [1.82, 2.24) is 13.9 Å². The van der Waals surface area contributed by atoms with Gasteiger partial charge in [-0.05, 0) is 30.7 Å². The van der Waals surface area contributed by atoms with Gasteiger partial charge in [-0.2, -0.15) is 0 Å². The third-order valence-electron chi connectivity index (χ3n) is 6.14. The van der Waals surface area contributed by atoms with Crippen molar-refractivity contribution in [3.05, 3.63) is 79.1 Å². The Balaban J connectivity index is 1.77. The lowest BCUT2D eigenvalue weighted by molar-refractivity contribution is -0.116. The molecule has 0 spiro atoms. The number of hydrogen-bond acceptors (Lipinski definition) is 6. The summed E-state index contributed by atoms with van der Waals surface area (Å²) in [5, 5.41) is 9.41. The topological polar surface area (TPSA) is 116 Å². The quantitative estimate of drug-likeness (QED) is 0.570. The molecule has 9 heteroatoms. The lowest BCUT2D eigenvalue weighted by Gasteiger charge is -2.38. The molecule has 0 bridgehead atoms. The average molecular weight is 409 g/mol. The van der Waals surface area contributed by atoms with Crippen LogP contribution in [0, 0.1) is 0 Å². The van der Waals surface area contributed by atoms with E-state index < -0.39 is 23.3 Å². The fourth-order valence-corrected chi connectivity index (χ4v) is 4.72. The molecule has 0 saturated carbocycles. The first-order valence-corrected chi connectivity index (χ1v) is 9.61. The minimum atomic E-state index is -0.671. The summed E-state index contributed by atoms with van der Waals surface area (Å²) in [4.78, 5) is 51.2. The first-order chi connectivity index (χ1) is 14.3. The van der Waals surface area contributed by atoms with Crippen LogP contribution in [0.25, 0.3) is 0 Å². The second-order valence-corrected chi connectivity index (χ2v) is 7.78. The second-order valence-electron chi connectivity index (χ2n) is 7.78. The van der Waals surface area contributed by atoms with E-state index in [4.69, 9.17) is 4.42 Å². The van der Waals surface area contributed by atoms with Gasteiger partial charge >= 0.3 is 11.4 Å². The van der Waals surface area contributed by atoms with Crippen molar-refractivity contribution in [2.45, 2.75) is 38.5 Å². The minimum Gasteiger partial charge on any atom is -0.463 e. The fourth-order valence-electron chi connectivity index (χ4n) is 4.72. The molecule has 3 aliphatic rings. The number of aliphatic hydroxyl groups excluding tert-OH is 1. The van der Waals surface area contributed by atoms with E-state index in [1.807, 2.05) is 6.08 Å². The number of fused-ring (bicyclic) bond motifs is 3. The number of ketones is 2. The summed E-state index contributed by atoms with van der Waals surface area (Å²) in [5.41, 5.74) is 0.839. The summed E-state index contributed by atoms with van der Waals surface area (Å²) in [6.07, 6.45) is 3.30. The molecule has 0 fully saturated rings. The van der Waals surface area contributed by atoms with Gasteiger partial charge in [-0.25, -0.2) is 23.5 Å². The Labute approximate surface area is 169 Å². The van der Waals surface area contributed by atoms with E-state index in [1.54, 1.807) is 19.1 Å². The van der Waals surface area contributed by atoms with Crippen LogP contribution in [0.2, 0.25) is 0 Å². The van der Waals surface area contributed by atoms with Gasteiger partial charge in [-0.15, -0.1) is 0 Å². The monoisotopic (exact) mass is 409 g/mol. The predicted octanol–water partition coefficient (Wildman–Crippen LogP) is 0.497. The van der Waals surface area contributed by atoms with E-state index in [0.29, 0.717) is 28.2 Å². The molecule has 1 aliphatic heterocycles. The van der Waals surface area contributed by atoms with Crippen molar-refractivity contribution >= 4 is 11.6 Å². The van der Waals surface area contributed by atoms with Gasteiger partial charge in [0, 0.05) is 30.2 Å². The number of hydrogen-bond donors (Lipinski definition) is 1. The Morgan fingerprint density at radius 1 is 1.17 bits per heavy atom. The van der Waals surface area contributed by atoms with Crippen LogP contribution in [0.1, 0.15) is 36.8 Å². The average Bonchev–Trinajstić information content (AvgIpc) is 3.30. The summed E-state index contributed by atoms with van der Waals surface area (Å²) in [6, 6.07) is 2.69. The number of carbonyl (C=O) groups excluding carboxylic acids is 2. The van der Waals surface area contributed by atoms with E-state index in [1.165, 1.54) is 22.5 Å². The largest absolute Gasteiger partial charge is 0.463 e. The highest BCUT2D eigenvalue weighted by atomic mass is 16.4. The van der Waals surface area contributed by atoms with Gasteiger partial charge in [0.15, 0.2) is 11.6 Å². The van der Waals surface area contributed by atoms with E-state index in [2.05, 4.69) is 0 Å². The highest BCUT2D eigenvalue weighted by Crippen LogP contribution is 2.49. The maximum atomic E-state index is 13.0. The van der Waals surface area contributed by atoms with Crippen LogP contribution >= 0.6 is 0 Å². The SMILES string of the molecule is CC1=CC(=O)C2=C(CC3C(=CCn4c(=O)n(C)c(=O)n43)C2c2ccc(CO)o2)C1=O. The Kier molecular flexibility index (Phi) is 3.88. The highest BCUT2D eigenvalue weighted by molar-refractivity contribution is 6.23. The second kappa shape index (κ2) is 6.27. The van der Waals surface area contributed by atoms with Crippen LogP contribution < -0.4 is 11.4 Å². The van der Waals surface area contributed by atoms with E-state index >= 15 is 0 Å². The van der Waals surface area contributed by atoms with Crippen molar-refractivity contribution in [1.29, 1.82) is 0 Å². The standard InChI is InChI=1S/C21H19N3O6/c1-10-7-15(26)17-13(19(10)27)8-14-12(18(17)16-4-3-11(9-25)30-16)5-6-23-20(28)22(2)21(29)24(14)23/h3-5,7,14,18,25H,6,8-9H2,1-2H3. The Bertz CT molecular complexity index is 1340. The molecule has 0 radical (unpaired) electrons. The smallest absolute Gasteiger partial charge is 0.347 e. The number of Topliss-reactive ketones (excluding diaryl/α,β-unsaturated/α-hetero) is 1. The lowest BCUT2D eigenvalue weighted by Crippen LogP contribution is -2.40. The Hall–Kier alpha value is -3.46. The van der Waals surface area contributed by atoms with Crippen LogP contribution in [-0.2, 0) is 29.8 Å². The number of furan rings is 1. The third kappa shape index (κ3) is 2.32. The molecule has 30 heavy (non-hydrogen) atoms. The third-order valence-corrected chi connectivity index (χ3v) is 6.14. The molecular weight excluding hydrogens is 390 g/mol. The zero-order chi connectivity index (χ0) is 21.3. The molecule has 2 aromatic heterocycles. The highest BCUT2D eigenvalue weighted by Gasteiger charge is 2.45. The number of aromatic nitrogens is 3. The maximum Gasteiger partial charge on any atom is 0.347 e. The van der Waals surface area contributed by atoms with Crippen molar-refractivity contribution in [2.24, 2.45) is 7.05 Å². The summed E-state index contributed by atoms with van der Waals surface area (Å²) in [6.45, 7) is 1.46. The molecular formula is C21H19N3O6. The van der Waals surface area contributed by atoms with Gasteiger partial charge in [0.25, 0.3) is 0 Å². The Morgan fingerprint density at radius 3 is 2.63 bits per heavy atom. The number of carbonyl (C=O) groups is 2. The van der Waals surface area contributed by atoms with Gasteiger partial charge in [-0.3, -0.25) is 9.59 Å². The minimum absolute atomic E-state index is 0.143. The summed E-state index contributed by atoms with van der Waals surface area (Å²) in [5.74, 6) is -0.434. The van der Waals surface area contributed by atoms with Crippen LogP contribution in [0.3, 0.4) is 0 Å². The normalized spacial score (nSPS) is 23.0. The first-order valence-electron chi connectivity index (χ1n) is 9.61. The zero-order valence-corrected chi connectivity index (χ0v) is 16.4. The molecule has 9 nitrogen and oxygen atoms in total. The molecule has 0 amide bonds. The maximum absolute atomic E-state index is 13.0. The molecule has 2 aromatic rings. The molecule has 2 unspecified atom stereocenters. The van der Waals surface area contributed by atoms with Crippen LogP contribution in [-0.4, -0.2) is 30.6 Å². The van der Waals surface area contributed by atoms with Crippen molar-refractivity contribution in [3.63, 3.8) is 0 Å². The van der Waals surface area contributed by atoms with Crippen LogP contribution in [0.5, 0.6) is 0 Å². The molecule has 154 valence electrons. The lowest BCUT2D eigenvalue weighted by atomic mass is 9.69. The number of nitrogens with zero attached hydrogens (tertiary/aromatic N) is 3. The fraction of sp³-hybridized carbons (Fsp3) is 0.333. The van der Waals surface area contributed by atoms with Crippen molar-refractivity contribution in [3.8, 4) is 0 Å². The van der Waals surface area contributed by atoms with E-state index in [0.717, 1.165) is 10.1 Å². The molecule has 1 N–H and O–H groups in total. The molecule has 0 saturated heterocycles. The van der Waals surface area contributed by atoms with Crippen LogP contribution in [0.4, 0.5) is 0 Å². The van der Waals surface area contributed by atoms with Gasteiger partial charge < -0.3 is 9.52 Å². The van der Waals surface area contributed by atoms with Gasteiger partial charge in [0.1, 0.15) is 18.1 Å². The van der Waals surface area contributed by atoms with Crippen molar-refractivity contribution < 1.29 is 19.1 Å². The predicted molar refractivity (Wildman–Crippen MR) is 104 cm³/mol. The summed E-state index contributed by atoms with van der Waals surface area (Å²) >= 11 is 0. The van der Waals surface area contributed by atoms with Gasteiger partial charge in [0.05, 0.1) is 18.5 Å². The first kappa shape index (κ1) is 18.6. The van der Waals surface area contributed by atoms with E-state index in [9.17, 15) is 24.3 Å². The zero-order valence-electron chi connectivity index (χ0n) is 16.4. The molecule has 5 rings (SSSR count). The molecule has 2 aliphatic carbocycles. The summed E-state index contributed by atoms with van der Waals surface area (Å²) < 4.78 is 9.51. The number of rotatable bonds is 2. The van der Waals surface area contributed by atoms with E-state index in [-0.39, 0.29) is 31.1 Å². The summed E-state index contributed by atoms with van der Waals surface area (Å²) in [7, 11) is 1.41. The van der Waals surface area contributed by atoms with Crippen molar-refractivity contribution in [2.75, 3.05) is 0 Å². The van der Waals surface area contributed by atoms with Gasteiger partial charge in [0.2, 0.25) is 0 Å². The molecule has 2 atom stereocenters. The number of aliphatic hydroxyl groups is 1. The molecule has 0 aromatic carbocycles. The number of allylic oxidation sites excluding steroid dienone is 6. The van der Waals surface area contributed by atoms with Gasteiger partial charge in [-0.1, -0.05) is 6.08 Å². The van der Waals surface area contributed by atoms with Crippen LogP contribution in [0.15, 0.2) is 60.6 Å². The molecule has 3 heterocycles. The Morgan fingerprint density at radius 2 is 1.93 bits per heavy atom.